The van der Waals surface area contributed by atoms with Gasteiger partial charge in [-0.05, 0) is 23.6 Å². The molecule has 1 fully saturated rings. The number of hydrogen-bond donors (Lipinski definition) is 2. The molecule has 7 nitrogen and oxygen atoms in total. The van der Waals surface area contributed by atoms with Crippen LogP contribution in [0, 0.1) is 0 Å². The van der Waals surface area contributed by atoms with Gasteiger partial charge in [0.15, 0.2) is 0 Å². The van der Waals surface area contributed by atoms with Crippen LogP contribution in [0.2, 0.25) is 0 Å². The first-order valence-electron chi connectivity index (χ1n) is 9.13. The Kier molecular flexibility index (Phi) is 6.26. The first kappa shape index (κ1) is 19.4. The Morgan fingerprint density at radius 2 is 1.82 bits per heavy atom. The quantitative estimate of drug-likeness (QED) is 0.679. The van der Waals surface area contributed by atoms with Crippen LogP contribution in [0.4, 0.5) is 4.79 Å². The average Bonchev–Trinajstić information content (AvgIpc) is 2.96. The van der Waals surface area contributed by atoms with Gasteiger partial charge in [-0.1, -0.05) is 48.5 Å². The number of hydrogen-bond acceptors (Lipinski definition) is 4. The lowest BCUT2D eigenvalue weighted by Gasteiger charge is -2.13. The zero-order valence-corrected chi connectivity index (χ0v) is 15.7. The van der Waals surface area contributed by atoms with Gasteiger partial charge in [0.05, 0.1) is 7.11 Å². The van der Waals surface area contributed by atoms with Crippen LogP contribution in [0.15, 0.2) is 54.6 Å². The van der Waals surface area contributed by atoms with Crippen molar-refractivity contribution in [2.75, 3.05) is 20.2 Å². The van der Waals surface area contributed by atoms with Crippen molar-refractivity contribution in [3.63, 3.8) is 0 Å². The maximum Gasteiger partial charge on any atom is 0.325 e. The number of rotatable bonds is 8. The predicted octanol–water partition coefficient (Wildman–Crippen LogP) is 1.52. The van der Waals surface area contributed by atoms with Crippen LogP contribution in [0.5, 0.6) is 5.75 Å². The zero-order valence-electron chi connectivity index (χ0n) is 15.7. The number of urea groups is 1. The summed E-state index contributed by atoms with van der Waals surface area (Å²) >= 11 is 0. The fourth-order valence-electron chi connectivity index (χ4n) is 3.16. The Hall–Kier alpha value is -3.35. The van der Waals surface area contributed by atoms with Crippen LogP contribution in [0.3, 0.4) is 0 Å². The molecule has 0 aliphatic carbocycles. The van der Waals surface area contributed by atoms with Crippen molar-refractivity contribution in [1.29, 1.82) is 0 Å². The summed E-state index contributed by atoms with van der Waals surface area (Å²) in [5.74, 6) is 0.00194. The van der Waals surface area contributed by atoms with E-state index in [4.69, 9.17) is 4.74 Å². The van der Waals surface area contributed by atoms with Gasteiger partial charge in [-0.3, -0.25) is 14.5 Å². The fraction of sp³-hybridized carbons (Fsp3) is 0.286. The number of para-hydroxylation sites is 1. The van der Waals surface area contributed by atoms with Crippen LogP contribution in [-0.2, 0) is 22.4 Å². The molecule has 4 amide bonds. The van der Waals surface area contributed by atoms with Gasteiger partial charge in [-0.15, -0.1) is 0 Å². The number of nitrogens with one attached hydrogen (secondary N) is 2. The van der Waals surface area contributed by atoms with Crippen molar-refractivity contribution in [3.05, 3.63) is 65.7 Å². The molecule has 3 rings (SSSR count). The number of methoxy groups -OCH3 is 1. The lowest BCUT2D eigenvalue weighted by Crippen LogP contribution is -2.41. The minimum absolute atomic E-state index is 0.290. The molecule has 28 heavy (non-hydrogen) atoms. The monoisotopic (exact) mass is 381 g/mol. The van der Waals surface area contributed by atoms with Gasteiger partial charge in [0.2, 0.25) is 5.91 Å². The molecular formula is C21H23N3O4. The molecule has 0 radical (unpaired) electrons. The minimum Gasteiger partial charge on any atom is -0.496 e. The Labute approximate surface area is 163 Å². The van der Waals surface area contributed by atoms with Gasteiger partial charge in [0.1, 0.15) is 18.3 Å². The number of imide groups is 1. The molecule has 7 heteroatoms. The van der Waals surface area contributed by atoms with E-state index in [1.165, 1.54) is 0 Å². The topological polar surface area (TPSA) is 87.7 Å². The second-order valence-electron chi connectivity index (χ2n) is 6.53. The fourth-order valence-corrected chi connectivity index (χ4v) is 3.16. The molecule has 2 aromatic rings. The molecule has 1 atom stereocenters. The van der Waals surface area contributed by atoms with Crippen LogP contribution < -0.4 is 15.4 Å². The molecule has 1 aliphatic heterocycles. The molecule has 0 unspecified atom stereocenters. The third-order valence-corrected chi connectivity index (χ3v) is 4.60. The lowest BCUT2D eigenvalue weighted by atomic mass is 10.1. The van der Waals surface area contributed by atoms with Gasteiger partial charge in [0, 0.05) is 13.0 Å². The minimum atomic E-state index is -0.642. The zero-order chi connectivity index (χ0) is 19.9. The van der Waals surface area contributed by atoms with Crippen molar-refractivity contribution < 1.29 is 19.1 Å². The van der Waals surface area contributed by atoms with Crippen LogP contribution in [0.1, 0.15) is 11.1 Å². The van der Waals surface area contributed by atoms with E-state index < -0.39 is 12.1 Å². The van der Waals surface area contributed by atoms with E-state index in [0.717, 1.165) is 21.8 Å². The van der Waals surface area contributed by atoms with Crippen molar-refractivity contribution in [2.24, 2.45) is 0 Å². The van der Waals surface area contributed by atoms with E-state index in [1.54, 1.807) is 7.11 Å². The highest BCUT2D eigenvalue weighted by Gasteiger charge is 2.38. The molecule has 0 aromatic heterocycles. The molecule has 1 aliphatic rings. The predicted molar refractivity (Wildman–Crippen MR) is 104 cm³/mol. The maximum absolute atomic E-state index is 12.5. The molecule has 0 bridgehead atoms. The summed E-state index contributed by atoms with van der Waals surface area (Å²) in [6.07, 6.45) is 0.990. The molecule has 2 aromatic carbocycles. The number of amides is 4. The van der Waals surface area contributed by atoms with E-state index >= 15 is 0 Å². The first-order valence-corrected chi connectivity index (χ1v) is 9.13. The molecule has 1 heterocycles. The maximum atomic E-state index is 12.5. The molecular weight excluding hydrogens is 358 g/mol. The third kappa shape index (κ3) is 4.68. The Bertz CT molecular complexity index is 854. The van der Waals surface area contributed by atoms with Crippen molar-refractivity contribution in [2.45, 2.75) is 18.9 Å². The van der Waals surface area contributed by atoms with Crippen molar-refractivity contribution in [3.8, 4) is 5.75 Å². The summed E-state index contributed by atoms with van der Waals surface area (Å²) in [6, 6.07) is 15.8. The van der Waals surface area contributed by atoms with E-state index in [0.29, 0.717) is 19.4 Å². The van der Waals surface area contributed by atoms with E-state index in [1.807, 2.05) is 54.6 Å². The Morgan fingerprint density at radius 3 is 2.57 bits per heavy atom. The van der Waals surface area contributed by atoms with Gasteiger partial charge < -0.3 is 15.4 Å². The highest BCUT2D eigenvalue weighted by molar-refractivity contribution is 6.06. The SMILES string of the molecule is COc1ccccc1CCNC(=O)CN1C(=O)N[C@H](Cc2ccccc2)C1=O. The lowest BCUT2D eigenvalue weighted by molar-refractivity contribution is -0.132. The summed E-state index contributed by atoms with van der Waals surface area (Å²) in [4.78, 5) is 37.7. The van der Waals surface area contributed by atoms with Gasteiger partial charge in [-0.25, -0.2) is 4.79 Å². The number of benzene rings is 2. The van der Waals surface area contributed by atoms with Crippen molar-refractivity contribution >= 4 is 17.8 Å². The highest BCUT2D eigenvalue weighted by atomic mass is 16.5. The largest absolute Gasteiger partial charge is 0.496 e. The van der Waals surface area contributed by atoms with Crippen LogP contribution in [-0.4, -0.2) is 49.0 Å². The smallest absolute Gasteiger partial charge is 0.325 e. The first-order chi connectivity index (χ1) is 13.6. The summed E-state index contributed by atoms with van der Waals surface area (Å²) in [7, 11) is 1.60. The standard InChI is InChI=1S/C21H23N3O4/c1-28-18-10-6-5-9-16(18)11-12-22-19(25)14-24-20(26)17(23-21(24)27)13-15-7-3-2-4-8-15/h2-10,17H,11-14H2,1H3,(H,22,25)(H,23,27)/t17-/m1/s1. The number of carbonyl (C=O) groups excluding carboxylic acids is 3. The second-order valence-corrected chi connectivity index (χ2v) is 6.53. The third-order valence-electron chi connectivity index (χ3n) is 4.60. The van der Waals surface area contributed by atoms with Gasteiger partial charge >= 0.3 is 6.03 Å². The molecule has 2 N–H and O–H groups in total. The summed E-state index contributed by atoms with van der Waals surface area (Å²) in [6.45, 7) is 0.0954. The van der Waals surface area contributed by atoms with Gasteiger partial charge in [0.25, 0.3) is 5.91 Å². The molecule has 0 spiro atoms. The normalized spacial score (nSPS) is 16.0. The van der Waals surface area contributed by atoms with E-state index in [9.17, 15) is 14.4 Å². The summed E-state index contributed by atoms with van der Waals surface area (Å²) < 4.78 is 5.28. The highest BCUT2D eigenvalue weighted by Crippen LogP contribution is 2.17. The van der Waals surface area contributed by atoms with E-state index in [-0.39, 0.29) is 18.4 Å². The van der Waals surface area contributed by atoms with Crippen LogP contribution >= 0.6 is 0 Å². The van der Waals surface area contributed by atoms with Crippen molar-refractivity contribution in [1.82, 2.24) is 15.5 Å². The van der Waals surface area contributed by atoms with E-state index in [2.05, 4.69) is 10.6 Å². The summed E-state index contributed by atoms with van der Waals surface area (Å²) in [5.41, 5.74) is 1.92. The van der Waals surface area contributed by atoms with Gasteiger partial charge in [-0.2, -0.15) is 0 Å². The average molecular weight is 381 g/mol. The second kappa shape index (κ2) is 9.03. The molecule has 1 saturated heterocycles. The molecule has 0 saturated carbocycles. The molecule has 146 valence electrons. The summed E-state index contributed by atoms with van der Waals surface area (Å²) in [5, 5.41) is 5.39. The number of carbonyl (C=O) groups is 3. The van der Waals surface area contributed by atoms with Crippen LogP contribution in [0.25, 0.3) is 0 Å². The number of ether oxygens (including phenoxy) is 1. The Morgan fingerprint density at radius 1 is 1.11 bits per heavy atom. The Balaban J connectivity index is 1.49. The number of nitrogens with zero attached hydrogens (tertiary/aromatic N) is 1.